The van der Waals surface area contributed by atoms with Gasteiger partial charge in [0.1, 0.15) is 114 Å². The zero-order chi connectivity index (χ0) is 112. The lowest BCUT2D eigenvalue weighted by Crippen LogP contribution is -2.62. The number of carbonyl (C=O) groups is 24. The monoisotopic (exact) mass is 2080 g/mol. The first-order valence-electron chi connectivity index (χ1n) is 47.3. The minimum absolute atomic E-state index is 0.0104. The lowest BCUT2D eigenvalue weighted by Gasteiger charge is -2.30. The number of rotatable bonds is 68. The smallest absolute Gasteiger partial charge is 0.326 e. The lowest BCUT2D eigenvalue weighted by molar-refractivity contribution is -0.145. The van der Waals surface area contributed by atoms with Gasteiger partial charge in [-0.05, 0) is 131 Å². The van der Waals surface area contributed by atoms with Crippen molar-refractivity contribution in [2.45, 2.75) is 308 Å². The van der Waals surface area contributed by atoms with E-state index in [9.17, 15) is 166 Å². The fourth-order valence-corrected chi connectivity index (χ4v) is 14.1. The standard InChI is InChI=1S/C92H141N21O34/c1-14-44(9)72(113-87(142)63(39-71(127)128)107-79(134)54(26-28-66(117)118)99-78(133)55(27-29-67(119)120)101-90(145)73(45(10)15-2)112-86(141)58(33-43(7)8)105-81(136)57(32-42(5)6)104-82(137)59(102-74(129)46(11)93)34-49-18-22-51(115)23-19-49)89(144)100-53(17-16-30-96-92(94)95)77(132)106-60(36-68(121)122)83(138)103-56(31-41(3)4)80(135)98-47(12)75(130)97-48(13)76(131)111-65(40-114)88(143)109-61(37-69(123)124)84(139)108-62(38-70(125)126)85(140)110-64(91(146)147)35-50-20-24-52(116)25-21-50/h18-25,41-48,53-65,72-73,114-116H,14-17,26-40,93H2,1-13H3,(H,97,130)(H,98,135)(H,99,133)(H,100,144)(H,101,145)(H,102,129)(H,103,138)(H,104,137)(H,105,136)(H,106,132)(H,107,134)(H,108,139)(H,109,143)(H,110,140)(H,111,131)(H,112,141)(H,113,142)(H,117,118)(H,119,120)(H,121,122)(H,123,124)(H,125,126)(H,127,128)(H,146,147)(H4,94,95,96)/t44-,45-,46-,47-,48-,53-,54-,55-,56-,57-,58-,59-,60-,61-,62-,63-,64-,65-,72-,73-/m0/s1. The molecule has 2 rings (SSSR count). The Hall–Kier alpha value is -15.5. The summed E-state index contributed by atoms with van der Waals surface area (Å²) in [5, 5.41) is 148. The second-order valence-electron chi connectivity index (χ2n) is 36.7. The van der Waals surface area contributed by atoms with Gasteiger partial charge in [0.25, 0.3) is 0 Å². The number of hydrogen-bond donors (Lipinski definition) is 31. The van der Waals surface area contributed by atoms with Crippen LogP contribution in [-0.2, 0) is 128 Å². The molecule has 0 heterocycles. The van der Waals surface area contributed by atoms with Gasteiger partial charge in [-0.25, -0.2) is 4.79 Å². The van der Waals surface area contributed by atoms with Gasteiger partial charge in [-0.2, -0.15) is 0 Å². The summed E-state index contributed by atoms with van der Waals surface area (Å²) in [5.74, 6) is -36.2. The van der Waals surface area contributed by atoms with E-state index in [2.05, 4.69) is 79.8 Å². The first kappa shape index (κ1) is 128. The predicted molar refractivity (Wildman–Crippen MR) is 515 cm³/mol. The number of phenols is 2. The summed E-state index contributed by atoms with van der Waals surface area (Å²) in [4.78, 5) is 325. The molecule has 33 N–H and O–H groups in total. The molecule has 0 aromatic heterocycles. The fourth-order valence-electron chi connectivity index (χ4n) is 14.1. The number of carboxylic acids is 7. The molecule has 0 aliphatic rings. The van der Waals surface area contributed by atoms with Crippen LogP contribution in [0.15, 0.2) is 48.5 Å². The van der Waals surface area contributed by atoms with Crippen LogP contribution in [0.5, 0.6) is 11.5 Å². The van der Waals surface area contributed by atoms with E-state index < -0.39 is 345 Å². The highest BCUT2D eigenvalue weighted by atomic mass is 16.4. The van der Waals surface area contributed by atoms with E-state index >= 15 is 0 Å². The van der Waals surface area contributed by atoms with Crippen molar-refractivity contribution in [1.29, 1.82) is 5.41 Å². The molecular weight excluding hydrogens is 1940 g/mol. The van der Waals surface area contributed by atoms with E-state index in [1.165, 1.54) is 76.2 Å². The van der Waals surface area contributed by atoms with Crippen LogP contribution >= 0.6 is 0 Å². The Bertz CT molecular complexity index is 4950. The largest absolute Gasteiger partial charge is 0.508 e. The first-order valence-corrected chi connectivity index (χ1v) is 47.3. The van der Waals surface area contributed by atoms with Gasteiger partial charge >= 0.3 is 41.8 Å². The van der Waals surface area contributed by atoms with E-state index in [4.69, 9.17) is 16.9 Å². The molecule has 20 atom stereocenters. The van der Waals surface area contributed by atoms with Gasteiger partial charge in [-0.3, -0.25) is 116 Å². The predicted octanol–water partition coefficient (Wildman–Crippen LogP) is -6.29. The highest BCUT2D eigenvalue weighted by Gasteiger charge is 2.42. The van der Waals surface area contributed by atoms with Crippen molar-refractivity contribution >= 4 is 148 Å². The Labute approximate surface area is 845 Å². The summed E-state index contributed by atoms with van der Waals surface area (Å²) in [7, 11) is 0. The molecule has 2 aromatic carbocycles. The molecule has 0 bridgehead atoms. The molecular formula is C92H141N21O34. The maximum Gasteiger partial charge on any atom is 0.326 e. The normalized spacial score (nSPS) is 15.2. The Kier molecular flexibility index (Phi) is 55.2. The van der Waals surface area contributed by atoms with Gasteiger partial charge < -0.3 is 158 Å². The molecule has 0 unspecified atom stereocenters. The molecule has 0 aliphatic carbocycles. The van der Waals surface area contributed by atoms with Crippen LogP contribution in [0.4, 0.5) is 0 Å². The van der Waals surface area contributed by atoms with Gasteiger partial charge in [0.05, 0.1) is 38.3 Å². The molecule has 147 heavy (non-hydrogen) atoms. The summed E-state index contributed by atoms with van der Waals surface area (Å²) in [6.07, 6.45) is -9.95. The van der Waals surface area contributed by atoms with Crippen LogP contribution in [0.3, 0.4) is 0 Å². The highest BCUT2D eigenvalue weighted by Crippen LogP contribution is 2.20. The number of aromatic hydroxyl groups is 2. The number of aliphatic carboxylic acids is 7. The van der Waals surface area contributed by atoms with Crippen molar-refractivity contribution in [3.05, 3.63) is 59.7 Å². The molecule has 55 nitrogen and oxygen atoms in total. The number of amides is 17. The summed E-state index contributed by atoms with van der Waals surface area (Å²) in [6, 6.07) is -21.3. The molecule has 818 valence electrons. The average Bonchev–Trinajstić information content (AvgIpc) is 0.849. The SMILES string of the molecule is CC[C@H](C)[C@H](NC(=O)[C@H](CC(=O)O)NC(=O)[C@H](CCC(=O)O)NC(=O)[C@H](CCC(=O)O)NC(=O)[C@@H](NC(=O)[C@H](CC(C)C)NC(=O)[C@H](CC(C)C)NC(=O)[C@H](Cc1ccc(O)cc1)NC(=O)[C@H](C)N)[C@@H](C)CC)C(=O)N[C@@H](CCCNC(=N)N)C(=O)N[C@@H](CC(=O)O)C(=O)N[C@@H](CC(C)C)C(=O)N[C@@H](C)C(=O)N[C@@H](C)C(=O)N[C@@H](CO)C(=O)N[C@@H](CC(=O)O)C(=O)N[C@@H](CC(=O)O)C(=O)N[C@@H](Cc1ccc(O)cc1)C(=O)O. The second-order valence-corrected chi connectivity index (χ2v) is 36.7. The number of nitrogens with one attached hydrogen (secondary N) is 19. The molecule has 0 spiro atoms. The Morgan fingerprint density at radius 1 is 0.299 bits per heavy atom. The van der Waals surface area contributed by atoms with Crippen LogP contribution in [0.1, 0.15) is 197 Å². The number of aliphatic hydroxyl groups is 1. The number of hydrogen-bond acceptors (Lipinski definition) is 29. The fraction of sp³-hybridized carbons (Fsp3) is 0.598. The maximum atomic E-state index is 14.7. The van der Waals surface area contributed by atoms with Gasteiger partial charge in [-0.1, -0.05) is 106 Å². The van der Waals surface area contributed by atoms with Crippen molar-refractivity contribution in [2.24, 2.45) is 41.1 Å². The Morgan fingerprint density at radius 2 is 0.551 bits per heavy atom. The minimum atomic E-state index is -2.25. The number of carbonyl (C=O) groups excluding carboxylic acids is 17. The van der Waals surface area contributed by atoms with Crippen molar-refractivity contribution < 1.29 is 166 Å². The van der Waals surface area contributed by atoms with Crippen LogP contribution < -0.4 is 107 Å². The summed E-state index contributed by atoms with van der Waals surface area (Å²) >= 11 is 0. The number of benzene rings is 2. The van der Waals surface area contributed by atoms with Crippen LogP contribution in [0.2, 0.25) is 0 Å². The van der Waals surface area contributed by atoms with Gasteiger partial charge in [0, 0.05) is 32.2 Å². The third kappa shape index (κ3) is 48.2. The van der Waals surface area contributed by atoms with Crippen LogP contribution in [0, 0.1) is 35.0 Å². The molecule has 0 aliphatic heterocycles. The molecule has 17 amide bonds. The molecule has 0 radical (unpaired) electrons. The van der Waals surface area contributed by atoms with Crippen LogP contribution in [0.25, 0.3) is 0 Å². The number of aliphatic hydroxyl groups excluding tert-OH is 1. The molecule has 2 aromatic rings. The van der Waals surface area contributed by atoms with E-state index in [1.54, 1.807) is 48.5 Å². The van der Waals surface area contributed by atoms with Gasteiger partial charge in [0.15, 0.2) is 5.96 Å². The lowest BCUT2D eigenvalue weighted by atomic mass is 9.95. The summed E-state index contributed by atoms with van der Waals surface area (Å²) in [5.41, 5.74) is 12.1. The number of carboxylic acid groups (broad SMARTS) is 7. The second kappa shape index (κ2) is 63.6. The van der Waals surface area contributed by atoms with Crippen molar-refractivity contribution in [2.75, 3.05) is 13.2 Å². The zero-order valence-electron chi connectivity index (χ0n) is 83.8. The number of phenolic OH excluding ortho intramolecular Hbond substituents is 2. The summed E-state index contributed by atoms with van der Waals surface area (Å²) < 4.78 is 0. The van der Waals surface area contributed by atoms with Crippen LogP contribution in [-0.4, -0.2) is 321 Å². The van der Waals surface area contributed by atoms with E-state index in [0.717, 1.165) is 13.8 Å². The van der Waals surface area contributed by atoms with Crippen molar-refractivity contribution in [3.63, 3.8) is 0 Å². The third-order valence-corrected chi connectivity index (χ3v) is 22.6. The van der Waals surface area contributed by atoms with E-state index in [1.807, 2.05) is 16.0 Å². The van der Waals surface area contributed by atoms with Gasteiger partial charge in [-0.15, -0.1) is 0 Å². The number of guanidine groups is 1. The Morgan fingerprint density at radius 3 is 0.864 bits per heavy atom. The quantitative estimate of drug-likeness (QED) is 0.0166. The minimum Gasteiger partial charge on any atom is -0.508 e. The molecule has 0 saturated carbocycles. The maximum absolute atomic E-state index is 14.7. The highest BCUT2D eigenvalue weighted by molar-refractivity contribution is 6.03. The first-order chi connectivity index (χ1) is 68.6. The third-order valence-electron chi connectivity index (χ3n) is 22.6. The zero-order valence-corrected chi connectivity index (χ0v) is 83.8. The van der Waals surface area contributed by atoms with Crippen molar-refractivity contribution in [3.8, 4) is 11.5 Å². The van der Waals surface area contributed by atoms with Crippen molar-refractivity contribution in [1.82, 2.24) is 95.7 Å². The summed E-state index contributed by atoms with van der Waals surface area (Å²) in [6.45, 7) is 18.1. The molecule has 0 saturated heterocycles. The number of nitrogens with two attached hydrogens (primary N) is 2. The molecule has 55 heteroatoms. The average molecular weight is 2090 g/mol. The van der Waals surface area contributed by atoms with Gasteiger partial charge in [0.2, 0.25) is 100 Å². The topological polar surface area (TPSA) is 904 Å². The van der Waals surface area contributed by atoms with E-state index in [0.29, 0.717) is 5.56 Å². The Balaban J connectivity index is 2.51. The molecule has 0 fully saturated rings. The van der Waals surface area contributed by atoms with E-state index in [-0.39, 0.29) is 80.4 Å².